The van der Waals surface area contributed by atoms with E-state index in [1.807, 2.05) is 6.07 Å². The second-order valence-electron chi connectivity index (χ2n) is 3.81. The second kappa shape index (κ2) is 4.18. The highest BCUT2D eigenvalue weighted by Gasteiger charge is 2.21. The van der Waals surface area contributed by atoms with Crippen molar-refractivity contribution in [3.05, 3.63) is 17.8 Å². The van der Waals surface area contributed by atoms with Crippen molar-refractivity contribution in [2.24, 2.45) is 5.92 Å². The third-order valence-electron chi connectivity index (χ3n) is 2.45. The van der Waals surface area contributed by atoms with Crippen LogP contribution in [0.5, 0.6) is 5.88 Å². The highest BCUT2D eigenvalue weighted by molar-refractivity contribution is 5.48. The molecule has 78 valence electrons. The zero-order valence-electron chi connectivity index (χ0n) is 8.44. The maximum atomic E-state index is 8.84. The van der Waals surface area contributed by atoms with Crippen LogP contribution in [0, 0.1) is 17.2 Å². The molecule has 1 fully saturated rings. The summed E-state index contributed by atoms with van der Waals surface area (Å²) >= 11 is 0. The van der Waals surface area contributed by atoms with Crippen LogP contribution in [0.4, 0.5) is 5.69 Å². The van der Waals surface area contributed by atoms with Gasteiger partial charge in [0, 0.05) is 0 Å². The fourth-order valence-corrected chi connectivity index (χ4v) is 1.39. The largest absolute Gasteiger partial charge is 0.477 e. The first-order valence-electron chi connectivity index (χ1n) is 5.08. The molecule has 4 heteroatoms. The molecule has 1 heterocycles. The van der Waals surface area contributed by atoms with E-state index in [1.165, 1.54) is 19.0 Å². The van der Waals surface area contributed by atoms with Gasteiger partial charge in [-0.1, -0.05) is 12.8 Å². The number of hydrogen-bond acceptors (Lipinski definition) is 4. The Balaban J connectivity index is 1.96. The minimum atomic E-state index is 0.396. The zero-order valence-corrected chi connectivity index (χ0v) is 8.44. The van der Waals surface area contributed by atoms with Crippen LogP contribution in [0.2, 0.25) is 0 Å². The van der Waals surface area contributed by atoms with Gasteiger partial charge in [-0.05, 0) is 18.4 Å². The first-order chi connectivity index (χ1) is 7.29. The van der Waals surface area contributed by atoms with Gasteiger partial charge >= 0.3 is 0 Å². The lowest BCUT2D eigenvalue weighted by Crippen LogP contribution is -2.02. The number of rotatable bonds is 4. The van der Waals surface area contributed by atoms with Crippen molar-refractivity contribution >= 4 is 5.69 Å². The van der Waals surface area contributed by atoms with Crippen molar-refractivity contribution in [2.45, 2.75) is 19.3 Å². The molecule has 4 nitrogen and oxygen atoms in total. The van der Waals surface area contributed by atoms with Crippen LogP contribution in [0.1, 0.15) is 24.8 Å². The first-order valence-corrected chi connectivity index (χ1v) is 5.08. The Hall–Kier alpha value is -1.76. The van der Waals surface area contributed by atoms with Crippen molar-refractivity contribution < 1.29 is 4.74 Å². The van der Waals surface area contributed by atoms with Crippen molar-refractivity contribution in [2.75, 3.05) is 12.3 Å². The van der Waals surface area contributed by atoms with E-state index in [0.29, 0.717) is 23.7 Å². The molecule has 0 saturated heterocycles. The Labute approximate surface area is 88.7 Å². The van der Waals surface area contributed by atoms with Gasteiger partial charge in [-0.2, -0.15) is 5.26 Å². The molecule has 2 rings (SSSR count). The molecule has 1 saturated carbocycles. The SMILES string of the molecule is N#Cc1cc(N)cnc1OCCC1CC1. The van der Waals surface area contributed by atoms with Gasteiger partial charge in [0.15, 0.2) is 0 Å². The maximum absolute atomic E-state index is 8.84. The topological polar surface area (TPSA) is 71.9 Å². The van der Waals surface area contributed by atoms with E-state index >= 15 is 0 Å². The monoisotopic (exact) mass is 203 g/mol. The van der Waals surface area contributed by atoms with E-state index in [-0.39, 0.29) is 0 Å². The summed E-state index contributed by atoms with van der Waals surface area (Å²) < 4.78 is 5.44. The molecule has 15 heavy (non-hydrogen) atoms. The molecule has 0 amide bonds. The second-order valence-corrected chi connectivity index (χ2v) is 3.81. The first kappa shape index (κ1) is 9.78. The fraction of sp³-hybridized carbons (Fsp3) is 0.455. The molecule has 1 aromatic heterocycles. The molecule has 0 aliphatic heterocycles. The van der Waals surface area contributed by atoms with Crippen LogP contribution in [-0.2, 0) is 0 Å². The van der Waals surface area contributed by atoms with Crippen molar-refractivity contribution in [3.63, 3.8) is 0 Å². The van der Waals surface area contributed by atoms with E-state index in [0.717, 1.165) is 12.3 Å². The minimum Gasteiger partial charge on any atom is -0.477 e. The molecule has 1 aromatic rings. The highest BCUT2D eigenvalue weighted by Crippen LogP contribution is 2.32. The fourth-order valence-electron chi connectivity index (χ4n) is 1.39. The summed E-state index contributed by atoms with van der Waals surface area (Å²) in [5.74, 6) is 1.22. The van der Waals surface area contributed by atoms with Gasteiger partial charge in [-0.3, -0.25) is 0 Å². The number of ether oxygens (including phenoxy) is 1. The lowest BCUT2D eigenvalue weighted by molar-refractivity contribution is 0.290. The molecule has 0 aromatic carbocycles. The van der Waals surface area contributed by atoms with Crippen LogP contribution in [-0.4, -0.2) is 11.6 Å². The summed E-state index contributed by atoms with van der Waals surface area (Å²) in [6.45, 7) is 0.635. The quantitative estimate of drug-likeness (QED) is 0.808. The number of anilines is 1. The number of aromatic nitrogens is 1. The minimum absolute atomic E-state index is 0.396. The summed E-state index contributed by atoms with van der Waals surface area (Å²) in [7, 11) is 0. The van der Waals surface area contributed by atoms with Gasteiger partial charge < -0.3 is 10.5 Å². The predicted molar refractivity (Wildman–Crippen MR) is 56.2 cm³/mol. The smallest absolute Gasteiger partial charge is 0.231 e. The number of nitrogens with zero attached hydrogens (tertiary/aromatic N) is 2. The van der Waals surface area contributed by atoms with Crippen molar-refractivity contribution in [3.8, 4) is 11.9 Å². The van der Waals surface area contributed by atoms with Crippen LogP contribution >= 0.6 is 0 Å². The van der Waals surface area contributed by atoms with Gasteiger partial charge in [-0.25, -0.2) is 4.98 Å². The Morgan fingerprint density at radius 3 is 3.07 bits per heavy atom. The molecule has 0 unspecified atom stereocenters. The molecule has 0 spiro atoms. The Bertz CT molecular complexity index is 393. The number of pyridine rings is 1. The average molecular weight is 203 g/mol. The summed E-state index contributed by atoms with van der Waals surface area (Å²) in [6, 6.07) is 3.61. The van der Waals surface area contributed by atoms with Gasteiger partial charge in [0.1, 0.15) is 11.6 Å². The normalized spacial score (nSPS) is 14.6. The van der Waals surface area contributed by atoms with E-state index in [9.17, 15) is 0 Å². The Kier molecular flexibility index (Phi) is 2.72. The molecule has 0 bridgehead atoms. The Morgan fingerprint density at radius 2 is 2.40 bits per heavy atom. The molecular formula is C11H13N3O. The molecular weight excluding hydrogens is 190 g/mol. The van der Waals surface area contributed by atoms with Gasteiger partial charge in [-0.15, -0.1) is 0 Å². The van der Waals surface area contributed by atoms with Gasteiger partial charge in [0.2, 0.25) is 5.88 Å². The van der Waals surface area contributed by atoms with Gasteiger partial charge in [0.25, 0.3) is 0 Å². The van der Waals surface area contributed by atoms with Crippen LogP contribution in [0.15, 0.2) is 12.3 Å². The zero-order chi connectivity index (χ0) is 10.7. The number of nitrogens with two attached hydrogens (primary N) is 1. The van der Waals surface area contributed by atoms with Crippen LogP contribution in [0.3, 0.4) is 0 Å². The number of nitriles is 1. The lowest BCUT2D eigenvalue weighted by Gasteiger charge is -2.06. The van der Waals surface area contributed by atoms with Crippen molar-refractivity contribution in [1.29, 1.82) is 5.26 Å². The highest BCUT2D eigenvalue weighted by atomic mass is 16.5. The summed E-state index contributed by atoms with van der Waals surface area (Å²) in [5.41, 5.74) is 6.42. The molecule has 2 N–H and O–H groups in total. The average Bonchev–Trinajstić information content (AvgIpc) is 3.04. The number of nitrogen functional groups attached to an aromatic ring is 1. The van der Waals surface area contributed by atoms with E-state index < -0.39 is 0 Å². The van der Waals surface area contributed by atoms with E-state index in [2.05, 4.69) is 4.98 Å². The van der Waals surface area contributed by atoms with Gasteiger partial charge in [0.05, 0.1) is 18.5 Å². The Morgan fingerprint density at radius 1 is 1.60 bits per heavy atom. The molecule has 0 radical (unpaired) electrons. The summed E-state index contributed by atoms with van der Waals surface area (Å²) in [5, 5.41) is 8.84. The predicted octanol–water partition coefficient (Wildman–Crippen LogP) is 1.71. The molecule has 1 aliphatic carbocycles. The maximum Gasteiger partial charge on any atom is 0.231 e. The molecule has 1 aliphatic rings. The third-order valence-corrected chi connectivity index (χ3v) is 2.45. The lowest BCUT2D eigenvalue weighted by atomic mass is 10.2. The standard InChI is InChI=1S/C11H13N3O/c12-6-9-5-10(13)7-14-11(9)15-4-3-8-1-2-8/h5,7-8H,1-4,13H2. The third kappa shape index (κ3) is 2.59. The summed E-state index contributed by atoms with van der Waals surface area (Å²) in [4.78, 5) is 4.00. The van der Waals surface area contributed by atoms with Crippen LogP contribution in [0.25, 0.3) is 0 Å². The number of hydrogen-bond donors (Lipinski definition) is 1. The van der Waals surface area contributed by atoms with E-state index in [1.54, 1.807) is 6.07 Å². The van der Waals surface area contributed by atoms with Crippen molar-refractivity contribution in [1.82, 2.24) is 4.98 Å². The summed E-state index contributed by atoms with van der Waals surface area (Å²) in [6.07, 6.45) is 5.18. The van der Waals surface area contributed by atoms with E-state index in [4.69, 9.17) is 15.7 Å². The van der Waals surface area contributed by atoms with Crippen LogP contribution < -0.4 is 10.5 Å². The molecule has 0 atom stereocenters.